The van der Waals surface area contributed by atoms with Crippen molar-refractivity contribution in [3.63, 3.8) is 0 Å². The molecular formula is C2H3BF2O. The van der Waals surface area contributed by atoms with E-state index in [2.05, 4.69) is 0 Å². The summed E-state index contributed by atoms with van der Waals surface area (Å²) in [6, 6.07) is 0. The molecule has 0 N–H and O–H groups in total. The van der Waals surface area contributed by atoms with E-state index in [0.717, 1.165) is 6.82 Å². The van der Waals surface area contributed by atoms with Crippen LogP contribution in [-0.4, -0.2) is 12.9 Å². The van der Waals surface area contributed by atoms with Crippen molar-refractivity contribution in [3.05, 3.63) is 0 Å². The van der Waals surface area contributed by atoms with Crippen molar-refractivity contribution in [2.24, 2.45) is 0 Å². The first-order valence-corrected chi connectivity index (χ1v) is 1.48. The van der Waals surface area contributed by atoms with Crippen molar-refractivity contribution in [2.45, 2.75) is 6.82 Å². The minimum Gasteiger partial charge on any atom is -0.322 e. The third-order valence-electron chi connectivity index (χ3n) is 0.313. The Morgan fingerprint density at radius 3 is 2.00 bits per heavy atom. The van der Waals surface area contributed by atoms with Crippen LogP contribution in [0.4, 0.5) is 13.5 Å². The molecule has 0 aliphatic carbocycles. The molecular weight excluding hydrogens is 88.8 g/mol. The molecule has 0 aromatic carbocycles. The van der Waals surface area contributed by atoms with Crippen LogP contribution in [-0.2, 0) is 0 Å². The second kappa shape index (κ2) is 1.90. The first-order chi connectivity index (χ1) is 2.64. The average molecular weight is 91.9 g/mol. The Hall–Kier alpha value is -0.405. The summed E-state index contributed by atoms with van der Waals surface area (Å²) in [5, 5.41) is 0. The molecule has 4 heteroatoms. The van der Waals surface area contributed by atoms with Crippen LogP contribution >= 0.6 is 0 Å². The van der Waals surface area contributed by atoms with Crippen LogP contribution in [0.15, 0.2) is 0 Å². The minimum atomic E-state index is -1.95. The normalized spacial score (nSPS) is 7.83. The van der Waals surface area contributed by atoms with Crippen LogP contribution in [0.2, 0.25) is 6.82 Å². The zero-order valence-corrected chi connectivity index (χ0v) is 3.24. The van der Waals surface area contributed by atoms with E-state index in [1.54, 1.807) is 0 Å². The second-order valence-electron chi connectivity index (χ2n) is 0.920. The predicted octanol–water partition coefficient (Wildman–Crippen LogP) is 1.25. The maximum atomic E-state index is 11.1. The van der Waals surface area contributed by atoms with Gasteiger partial charge in [0.15, 0.2) is 0 Å². The molecule has 0 aromatic rings. The van der Waals surface area contributed by atoms with E-state index in [9.17, 15) is 8.71 Å². The van der Waals surface area contributed by atoms with Crippen molar-refractivity contribution in [2.75, 3.05) is 0 Å². The fourth-order valence-corrected chi connectivity index (χ4v) is 0. The standard InChI is InChI=1S/C2H3BF2O/c1-3(5)2(4)6/h1H3. The van der Waals surface area contributed by atoms with Crippen molar-refractivity contribution < 1.29 is 13.5 Å². The third-order valence-corrected chi connectivity index (χ3v) is 0.313. The zero-order chi connectivity index (χ0) is 5.15. The molecule has 34 valence electrons. The van der Waals surface area contributed by atoms with E-state index in [0.29, 0.717) is 0 Å². The molecule has 0 radical (unpaired) electrons. The molecule has 0 atom stereocenters. The molecule has 0 fully saturated rings. The number of carbonyl (C=O) groups is 1. The molecule has 0 amide bonds. The maximum Gasteiger partial charge on any atom is 0.460 e. The molecule has 0 saturated heterocycles. The predicted molar refractivity (Wildman–Crippen MR) is 19.2 cm³/mol. The Bertz CT molecular complexity index is 62.6. The summed E-state index contributed by atoms with van der Waals surface area (Å²) in [6.45, 7) is -1.10. The van der Waals surface area contributed by atoms with Gasteiger partial charge in [0.2, 0.25) is 0 Å². The SMILES string of the molecule is CB(F)C(=O)F. The number of halogens is 2. The van der Waals surface area contributed by atoms with Gasteiger partial charge in [-0.05, 0) is 6.82 Å². The first kappa shape index (κ1) is 5.59. The highest BCUT2D eigenvalue weighted by Crippen LogP contribution is 1.86. The van der Waals surface area contributed by atoms with E-state index in [4.69, 9.17) is 4.79 Å². The molecule has 0 heterocycles. The summed E-state index contributed by atoms with van der Waals surface area (Å²) in [5.74, 6) is -1.91. The van der Waals surface area contributed by atoms with Gasteiger partial charge in [-0.2, -0.15) is 4.39 Å². The largest absolute Gasteiger partial charge is 0.460 e. The van der Waals surface area contributed by atoms with Gasteiger partial charge in [0.1, 0.15) is 0 Å². The fourth-order valence-electron chi connectivity index (χ4n) is 0. The summed E-state index contributed by atoms with van der Waals surface area (Å²) in [5.41, 5.74) is 0. The monoisotopic (exact) mass is 92.0 g/mol. The van der Waals surface area contributed by atoms with Gasteiger partial charge in [-0.1, -0.05) is 0 Å². The Balaban J connectivity index is 3.26. The van der Waals surface area contributed by atoms with Crippen LogP contribution < -0.4 is 0 Å². The number of hydrogen-bond acceptors (Lipinski definition) is 1. The molecule has 0 saturated carbocycles. The Morgan fingerprint density at radius 1 is 1.83 bits per heavy atom. The minimum absolute atomic E-state index is 0.850. The van der Waals surface area contributed by atoms with E-state index in [1.807, 2.05) is 0 Å². The second-order valence-corrected chi connectivity index (χ2v) is 0.920. The Labute approximate surface area is 34.5 Å². The van der Waals surface area contributed by atoms with Gasteiger partial charge in [-0.3, -0.25) is 4.79 Å². The lowest BCUT2D eigenvalue weighted by Gasteiger charge is -1.75. The highest BCUT2D eigenvalue weighted by Gasteiger charge is 2.15. The van der Waals surface area contributed by atoms with Gasteiger partial charge >= 0.3 is 6.99 Å². The molecule has 0 bridgehead atoms. The van der Waals surface area contributed by atoms with Gasteiger partial charge < -0.3 is 4.32 Å². The Morgan fingerprint density at radius 2 is 2.00 bits per heavy atom. The topological polar surface area (TPSA) is 17.1 Å². The lowest BCUT2D eigenvalue weighted by atomic mass is 9.77. The van der Waals surface area contributed by atoms with E-state index in [1.165, 1.54) is 0 Å². The van der Waals surface area contributed by atoms with Crippen molar-refractivity contribution in [1.29, 1.82) is 0 Å². The highest BCUT2D eigenvalue weighted by atomic mass is 19.2. The van der Waals surface area contributed by atoms with Crippen LogP contribution in [0.1, 0.15) is 0 Å². The van der Waals surface area contributed by atoms with Crippen LogP contribution in [0.3, 0.4) is 0 Å². The molecule has 0 aliphatic heterocycles. The lowest BCUT2D eigenvalue weighted by molar-refractivity contribution is 0.241. The number of carbonyl (C=O) groups excluding carboxylic acids is 1. The van der Waals surface area contributed by atoms with E-state index >= 15 is 0 Å². The molecule has 0 aliphatic rings. The molecule has 0 spiro atoms. The highest BCUT2D eigenvalue weighted by molar-refractivity contribution is 6.82. The zero-order valence-electron chi connectivity index (χ0n) is 3.24. The van der Waals surface area contributed by atoms with E-state index in [-0.39, 0.29) is 0 Å². The number of hydrogen-bond donors (Lipinski definition) is 0. The lowest BCUT2D eigenvalue weighted by Crippen LogP contribution is -2.06. The van der Waals surface area contributed by atoms with Gasteiger partial charge in [0.25, 0.3) is 5.94 Å². The summed E-state index contributed by atoms with van der Waals surface area (Å²) in [7, 11) is 0. The van der Waals surface area contributed by atoms with Crippen LogP contribution in [0.5, 0.6) is 0 Å². The van der Waals surface area contributed by atoms with Crippen molar-refractivity contribution >= 4 is 12.9 Å². The van der Waals surface area contributed by atoms with Gasteiger partial charge in [-0.25, -0.2) is 0 Å². The molecule has 0 rings (SSSR count). The quantitative estimate of drug-likeness (QED) is 0.351. The molecule has 1 nitrogen and oxygen atoms in total. The Kier molecular flexibility index (Phi) is 1.77. The van der Waals surface area contributed by atoms with Gasteiger partial charge in [0, 0.05) is 0 Å². The molecule has 6 heavy (non-hydrogen) atoms. The van der Waals surface area contributed by atoms with Crippen LogP contribution in [0, 0.1) is 0 Å². The summed E-state index contributed by atoms with van der Waals surface area (Å²) >= 11 is 0. The molecule has 0 aromatic heterocycles. The number of rotatable bonds is 1. The first-order valence-electron chi connectivity index (χ1n) is 1.48. The van der Waals surface area contributed by atoms with Crippen molar-refractivity contribution in [1.82, 2.24) is 0 Å². The molecule has 0 unspecified atom stereocenters. The summed E-state index contributed by atoms with van der Waals surface area (Å²) in [6.07, 6.45) is 0. The van der Waals surface area contributed by atoms with Gasteiger partial charge in [0.05, 0.1) is 0 Å². The summed E-state index contributed by atoms with van der Waals surface area (Å²) < 4.78 is 21.9. The third kappa shape index (κ3) is 1.87. The van der Waals surface area contributed by atoms with Crippen molar-refractivity contribution in [3.8, 4) is 0 Å². The smallest absolute Gasteiger partial charge is 0.322 e. The fraction of sp³-hybridized carbons (Fsp3) is 0.500. The van der Waals surface area contributed by atoms with E-state index < -0.39 is 12.9 Å². The summed E-state index contributed by atoms with van der Waals surface area (Å²) in [4.78, 5) is 9.10. The average Bonchev–Trinajstić information content (AvgIpc) is 1.36. The van der Waals surface area contributed by atoms with Gasteiger partial charge in [-0.15, -0.1) is 0 Å². The van der Waals surface area contributed by atoms with Crippen LogP contribution in [0.25, 0.3) is 0 Å². The maximum absolute atomic E-state index is 11.1.